The second kappa shape index (κ2) is 7.79. The van der Waals surface area contributed by atoms with E-state index >= 15 is 0 Å². The van der Waals surface area contributed by atoms with Crippen molar-refractivity contribution in [2.75, 3.05) is 16.6 Å². The average Bonchev–Trinajstić information content (AvgIpc) is 2.49. The lowest BCUT2D eigenvalue weighted by molar-refractivity contribution is 0.601. The van der Waals surface area contributed by atoms with Crippen LogP contribution in [-0.2, 0) is 10.0 Å². The maximum Gasteiger partial charge on any atom is 0.261 e. The third kappa shape index (κ3) is 5.51. The molecule has 5 nitrogen and oxygen atoms in total. The van der Waals surface area contributed by atoms with Crippen molar-refractivity contribution in [1.29, 1.82) is 0 Å². The van der Waals surface area contributed by atoms with Gasteiger partial charge in [0.1, 0.15) is 5.82 Å². The molecule has 1 aromatic carbocycles. The number of rotatable bonds is 7. The number of nitrogens with zero attached hydrogens (tertiary/aromatic N) is 1. The SMILES string of the molecule is CC(C)CCNc1ccc(NS(=O)(=O)c2ccc(Br)cc2)cn1. The summed E-state index contributed by atoms with van der Waals surface area (Å²) in [6.45, 7) is 5.17. The van der Waals surface area contributed by atoms with Crippen LogP contribution in [0.1, 0.15) is 20.3 Å². The van der Waals surface area contributed by atoms with E-state index in [-0.39, 0.29) is 4.90 Å². The Kier molecular flexibility index (Phi) is 6.01. The van der Waals surface area contributed by atoms with Crippen LogP contribution in [0.5, 0.6) is 0 Å². The molecule has 1 aromatic heterocycles. The van der Waals surface area contributed by atoms with E-state index in [2.05, 4.69) is 44.8 Å². The zero-order valence-electron chi connectivity index (χ0n) is 13.1. The highest BCUT2D eigenvalue weighted by molar-refractivity contribution is 9.10. The topological polar surface area (TPSA) is 71.1 Å². The van der Waals surface area contributed by atoms with Crippen LogP contribution in [0, 0.1) is 5.92 Å². The lowest BCUT2D eigenvalue weighted by atomic mass is 10.1. The smallest absolute Gasteiger partial charge is 0.261 e. The first-order chi connectivity index (χ1) is 10.9. The predicted molar refractivity (Wildman–Crippen MR) is 97.1 cm³/mol. The van der Waals surface area contributed by atoms with Gasteiger partial charge in [0, 0.05) is 11.0 Å². The molecule has 0 bridgehead atoms. The predicted octanol–water partition coefficient (Wildman–Crippen LogP) is 4.10. The van der Waals surface area contributed by atoms with Gasteiger partial charge in [-0.1, -0.05) is 29.8 Å². The Bertz CT molecular complexity index is 729. The van der Waals surface area contributed by atoms with Crippen molar-refractivity contribution < 1.29 is 8.42 Å². The van der Waals surface area contributed by atoms with E-state index in [0.717, 1.165) is 23.3 Å². The molecular formula is C16H20BrN3O2S. The Balaban J connectivity index is 2.01. The van der Waals surface area contributed by atoms with Crippen LogP contribution in [0.15, 0.2) is 52.0 Å². The molecule has 0 saturated heterocycles. The van der Waals surface area contributed by atoms with E-state index in [9.17, 15) is 8.42 Å². The van der Waals surface area contributed by atoms with Crippen LogP contribution in [0.25, 0.3) is 0 Å². The summed E-state index contributed by atoms with van der Waals surface area (Å²) in [5.41, 5.74) is 0.433. The van der Waals surface area contributed by atoms with Crippen molar-refractivity contribution in [2.24, 2.45) is 5.92 Å². The lowest BCUT2D eigenvalue weighted by Crippen LogP contribution is -2.13. The van der Waals surface area contributed by atoms with Crippen LogP contribution in [0.3, 0.4) is 0 Å². The first-order valence-electron chi connectivity index (χ1n) is 7.35. The van der Waals surface area contributed by atoms with Gasteiger partial charge >= 0.3 is 0 Å². The first kappa shape index (κ1) is 17.7. The van der Waals surface area contributed by atoms with Crippen molar-refractivity contribution in [2.45, 2.75) is 25.2 Å². The summed E-state index contributed by atoms with van der Waals surface area (Å²) in [5.74, 6) is 1.36. The molecule has 2 rings (SSSR count). The first-order valence-corrected chi connectivity index (χ1v) is 9.63. The van der Waals surface area contributed by atoms with E-state index in [1.807, 2.05) is 0 Å². The Hall–Kier alpha value is -1.60. The van der Waals surface area contributed by atoms with E-state index in [4.69, 9.17) is 0 Å². The van der Waals surface area contributed by atoms with E-state index in [1.54, 1.807) is 36.4 Å². The van der Waals surface area contributed by atoms with Gasteiger partial charge in [-0.3, -0.25) is 4.72 Å². The minimum absolute atomic E-state index is 0.208. The highest BCUT2D eigenvalue weighted by atomic mass is 79.9. The standard InChI is InChI=1S/C16H20BrN3O2S/c1-12(2)9-10-18-16-8-5-14(11-19-16)20-23(21,22)15-6-3-13(17)4-7-15/h3-8,11-12,20H,9-10H2,1-2H3,(H,18,19). The summed E-state index contributed by atoms with van der Waals surface area (Å²) in [4.78, 5) is 4.43. The van der Waals surface area contributed by atoms with Crippen LogP contribution in [0.2, 0.25) is 0 Å². The van der Waals surface area contributed by atoms with Crippen LogP contribution in [-0.4, -0.2) is 19.9 Å². The van der Waals surface area contributed by atoms with Gasteiger partial charge in [0.2, 0.25) is 0 Å². The lowest BCUT2D eigenvalue weighted by Gasteiger charge is -2.10. The summed E-state index contributed by atoms with van der Waals surface area (Å²) in [6, 6.07) is 9.92. The number of aromatic nitrogens is 1. The van der Waals surface area contributed by atoms with Gasteiger partial charge in [0.25, 0.3) is 10.0 Å². The summed E-state index contributed by atoms with van der Waals surface area (Å²) in [5, 5.41) is 3.21. The number of anilines is 2. The second-order valence-electron chi connectivity index (χ2n) is 5.60. The van der Waals surface area contributed by atoms with E-state index < -0.39 is 10.0 Å². The highest BCUT2D eigenvalue weighted by Gasteiger charge is 2.14. The fraction of sp³-hybridized carbons (Fsp3) is 0.312. The molecule has 0 fully saturated rings. The van der Waals surface area contributed by atoms with Gasteiger partial charge in [0.05, 0.1) is 16.8 Å². The Labute approximate surface area is 145 Å². The fourth-order valence-corrected chi connectivity index (χ4v) is 3.18. The molecule has 7 heteroatoms. The van der Waals surface area contributed by atoms with Gasteiger partial charge in [0.15, 0.2) is 0 Å². The van der Waals surface area contributed by atoms with Gasteiger partial charge in [-0.2, -0.15) is 0 Å². The summed E-state index contributed by atoms with van der Waals surface area (Å²) in [7, 11) is -3.60. The fourth-order valence-electron chi connectivity index (χ4n) is 1.88. The molecule has 124 valence electrons. The minimum atomic E-state index is -3.60. The molecule has 0 unspecified atom stereocenters. The molecule has 0 radical (unpaired) electrons. The van der Waals surface area contributed by atoms with Crippen molar-refractivity contribution in [1.82, 2.24) is 4.98 Å². The number of hydrogen-bond donors (Lipinski definition) is 2. The summed E-state index contributed by atoms with van der Waals surface area (Å²) < 4.78 is 27.9. The monoisotopic (exact) mass is 397 g/mol. The molecule has 0 spiro atoms. The molecule has 2 N–H and O–H groups in total. The van der Waals surface area contributed by atoms with Crippen LogP contribution < -0.4 is 10.0 Å². The summed E-state index contributed by atoms with van der Waals surface area (Å²) >= 11 is 3.28. The van der Waals surface area contributed by atoms with Crippen molar-refractivity contribution in [3.63, 3.8) is 0 Å². The molecule has 2 aromatic rings. The maximum atomic E-state index is 12.3. The Morgan fingerprint density at radius 3 is 2.39 bits per heavy atom. The third-order valence-electron chi connectivity index (χ3n) is 3.17. The number of benzene rings is 1. The molecular weight excluding hydrogens is 378 g/mol. The van der Waals surface area contributed by atoms with Crippen molar-refractivity contribution >= 4 is 37.5 Å². The number of halogens is 1. The van der Waals surface area contributed by atoms with Crippen molar-refractivity contribution in [3.8, 4) is 0 Å². The number of hydrogen-bond acceptors (Lipinski definition) is 4. The van der Waals surface area contributed by atoms with Crippen molar-refractivity contribution in [3.05, 3.63) is 47.1 Å². The zero-order valence-corrected chi connectivity index (χ0v) is 15.5. The maximum absolute atomic E-state index is 12.3. The summed E-state index contributed by atoms with van der Waals surface area (Å²) in [6.07, 6.45) is 2.56. The second-order valence-corrected chi connectivity index (χ2v) is 8.20. The molecule has 0 amide bonds. The number of nitrogens with one attached hydrogen (secondary N) is 2. The Morgan fingerprint density at radius 2 is 1.83 bits per heavy atom. The van der Waals surface area contributed by atoms with E-state index in [1.165, 1.54) is 6.20 Å². The third-order valence-corrected chi connectivity index (χ3v) is 5.09. The molecule has 0 aliphatic heterocycles. The van der Waals surface area contributed by atoms with Crippen LogP contribution in [0.4, 0.5) is 11.5 Å². The molecule has 0 aliphatic rings. The molecule has 0 atom stereocenters. The number of pyridine rings is 1. The van der Waals surface area contributed by atoms with Gasteiger partial charge in [-0.05, 0) is 48.7 Å². The van der Waals surface area contributed by atoms with Gasteiger partial charge in [-0.25, -0.2) is 13.4 Å². The normalized spacial score (nSPS) is 11.5. The average molecular weight is 398 g/mol. The minimum Gasteiger partial charge on any atom is -0.370 e. The van der Waals surface area contributed by atoms with Gasteiger partial charge < -0.3 is 5.32 Å². The van der Waals surface area contributed by atoms with Gasteiger partial charge in [-0.15, -0.1) is 0 Å². The highest BCUT2D eigenvalue weighted by Crippen LogP contribution is 2.19. The zero-order chi connectivity index (χ0) is 16.9. The molecule has 0 aliphatic carbocycles. The largest absolute Gasteiger partial charge is 0.370 e. The van der Waals surface area contributed by atoms with E-state index in [0.29, 0.717) is 11.6 Å². The number of sulfonamides is 1. The van der Waals surface area contributed by atoms with Crippen LogP contribution >= 0.6 is 15.9 Å². The molecule has 1 heterocycles. The molecule has 0 saturated carbocycles. The Morgan fingerprint density at radius 1 is 1.13 bits per heavy atom. The quantitative estimate of drug-likeness (QED) is 0.737. The molecule has 23 heavy (non-hydrogen) atoms.